The molecule has 1 aromatic heterocycles. The number of fused-ring (bicyclic) bond motifs is 1. The van der Waals surface area contributed by atoms with Gasteiger partial charge in [-0.1, -0.05) is 0 Å². The summed E-state index contributed by atoms with van der Waals surface area (Å²) in [4.78, 5) is 24.1. The zero-order valence-electron chi connectivity index (χ0n) is 16.3. The number of hydrogen-bond acceptors (Lipinski definition) is 6. The number of nitrogen functional groups attached to an aromatic ring is 1. The number of amidine groups is 1. The maximum Gasteiger partial charge on any atom is 0.305 e. The molecule has 0 unspecified atom stereocenters. The number of nitrogens with one attached hydrogen (secondary N) is 2. The van der Waals surface area contributed by atoms with Gasteiger partial charge in [0.15, 0.2) is 5.76 Å². The summed E-state index contributed by atoms with van der Waals surface area (Å²) in [5.74, 6) is 0.141. The highest BCUT2D eigenvalue weighted by Crippen LogP contribution is 2.28. The van der Waals surface area contributed by atoms with Crippen LogP contribution in [-0.2, 0) is 9.53 Å². The molecule has 1 fully saturated rings. The van der Waals surface area contributed by atoms with Crippen molar-refractivity contribution in [2.45, 2.75) is 44.6 Å². The molecular weight excluding hydrogens is 374 g/mol. The lowest BCUT2D eigenvalue weighted by atomic mass is 9.83. The molecule has 1 heterocycles. The monoisotopic (exact) mass is 401 g/mol. The molecule has 156 valence electrons. The van der Waals surface area contributed by atoms with Crippen LogP contribution in [0.25, 0.3) is 11.0 Å². The number of amides is 1. The zero-order chi connectivity index (χ0) is 20.8. The number of furan rings is 1. The molecule has 5 N–H and O–H groups in total. The van der Waals surface area contributed by atoms with E-state index in [9.17, 15) is 9.59 Å². The molecule has 0 atom stereocenters. The fraction of sp³-hybridized carbons (Fsp3) is 0.476. The van der Waals surface area contributed by atoms with E-state index in [0.29, 0.717) is 23.5 Å². The van der Waals surface area contributed by atoms with Crippen LogP contribution in [0.1, 0.15) is 54.6 Å². The van der Waals surface area contributed by atoms with Gasteiger partial charge in [-0.3, -0.25) is 15.0 Å². The van der Waals surface area contributed by atoms with Crippen LogP contribution in [0.3, 0.4) is 0 Å². The van der Waals surface area contributed by atoms with Crippen molar-refractivity contribution in [3.63, 3.8) is 0 Å². The Hall–Kier alpha value is -2.87. The van der Waals surface area contributed by atoms with Crippen LogP contribution in [0.15, 0.2) is 28.7 Å². The van der Waals surface area contributed by atoms with Crippen LogP contribution < -0.4 is 11.1 Å². The van der Waals surface area contributed by atoms with Crippen molar-refractivity contribution >= 4 is 28.7 Å². The first-order chi connectivity index (χ1) is 14.0. The molecular formula is C21H27N3O5. The van der Waals surface area contributed by atoms with E-state index >= 15 is 0 Å². The molecule has 0 spiro atoms. The zero-order valence-corrected chi connectivity index (χ0v) is 16.3. The molecule has 0 saturated heterocycles. The largest absolute Gasteiger partial charge is 0.463 e. The Morgan fingerprint density at radius 3 is 2.69 bits per heavy atom. The van der Waals surface area contributed by atoms with E-state index in [2.05, 4.69) is 5.32 Å². The summed E-state index contributed by atoms with van der Waals surface area (Å²) in [7, 11) is 0. The molecule has 0 aliphatic heterocycles. The average Bonchev–Trinajstić information content (AvgIpc) is 3.15. The van der Waals surface area contributed by atoms with Gasteiger partial charge in [0.2, 0.25) is 0 Å². The normalized spacial score (nSPS) is 19.1. The van der Waals surface area contributed by atoms with Gasteiger partial charge >= 0.3 is 5.97 Å². The minimum Gasteiger partial charge on any atom is -0.463 e. The second kappa shape index (κ2) is 9.56. The summed E-state index contributed by atoms with van der Waals surface area (Å²) < 4.78 is 10.5. The maximum absolute atomic E-state index is 12.5. The number of hydrogen-bond donors (Lipinski definition) is 4. The molecule has 1 saturated carbocycles. The number of benzene rings is 1. The number of aliphatic hydroxyl groups excluding tert-OH is 1. The lowest BCUT2D eigenvalue weighted by molar-refractivity contribution is -0.145. The van der Waals surface area contributed by atoms with Gasteiger partial charge in [0.1, 0.15) is 18.0 Å². The molecule has 1 aromatic carbocycles. The number of nitrogens with two attached hydrogens (primary N) is 1. The van der Waals surface area contributed by atoms with Crippen molar-refractivity contribution in [1.82, 2.24) is 5.32 Å². The predicted octanol–water partition coefficient (Wildman–Crippen LogP) is 2.32. The van der Waals surface area contributed by atoms with Gasteiger partial charge in [-0.15, -0.1) is 0 Å². The number of esters is 1. The summed E-state index contributed by atoms with van der Waals surface area (Å²) in [5, 5.41) is 19.9. The van der Waals surface area contributed by atoms with E-state index in [1.807, 2.05) is 0 Å². The smallest absolute Gasteiger partial charge is 0.305 e. The molecule has 3 rings (SSSR count). The summed E-state index contributed by atoms with van der Waals surface area (Å²) in [5.41, 5.74) is 6.67. The highest BCUT2D eigenvalue weighted by molar-refractivity contribution is 6.00. The summed E-state index contributed by atoms with van der Waals surface area (Å²) >= 11 is 0. The van der Waals surface area contributed by atoms with Crippen molar-refractivity contribution in [3.8, 4) is 0 Å². The standard InChI is InChI=1S/C21H27N3O5/c22-20(23)14-4-7-17-15(11-14)12-18(29-17)21(27)24-16-5-1-13(2-6-16)3-8-19(26)28-10-9-25/h4,7,11-13,16,25H,1-3,5-6,8-10H2,(H3,22,23)(H,24,27). The highest BCUT2D eigenvalue weighted by atomic mass is 16.5. The fourth-order valence-corrected chi connectivity index (χ4v) is 3.73. The molecule has 1 aliphatic carbocycles. The molecule has 8 heteroatoms. The van der Waals surface area contributed by atoms with E-state index in [4.69, 9.17) is 25.4 Å². The molecule has 0 radical (unpaired) electrons. The Bertz CT molecular complexity index is 884. The van der Waals surface area contributed by atoms with Crippen LogP contribution in [0, 0.1) is 11.3 Å². The van der Waals surface area contributed by atoms with Crippen molar-refractivity contribution < 1.29 is 23.8 Å². The van der Waals surface area contributed by atoms with Crippen molar-refractivity contribution in [2.24, 2.45) is 11.7 Å². The van der Waals surface area contributed by atoms with Gasteiger partial charge in [0, 0.05) is 23.4 Å². The van der Waals surface area contributed by atoms with E-state index in [1.54, 1.807) is 24.3 Å². The first-order valence-electron chi connectivity index (χ1n) is 9.91. The quantitative estimate of drug-likeness (QED) is 0.304. The van der Waals surface area contributed by atoms with Crippen LogP contribution in [0.5, 0.6) is 0 Å². The summed E-state index contributed by atoms with van der Waals surface area (Å²) in [6.07, 6.45) is 4.74. The van der Waals surface area contributed by atoms with Crippen LogP contribution in [-0.4, -0.2) is 42.1 Å². The van der Waals surface area contributed by atoms with E-state index < -0.39 is 0 Å². The van der Waals surface area contributed by atoms with Crippen molar-refractivity contribution in [1.29, 1.82) is 5.41 Å². The molecule has 29 heavy (non-hydrogen) atoms. The molecule has 0 bridgehead atoms. The Kier molecular flexibility index (Phi) is 6.87. The Balaban J connectivity index is 1.48. The minimum absolute atomic E-state index is 0.0301. The Labute approximate surface area is 168 Å². The number of aliphatic hydroxyl groups is 1. The summed E-state index contributed by atoms with van der Waals surface area (Å²) in [6.45, 7) is -0.102. The predicted molar refractivity (Wildman–Crippen MR) is 108 cm³/mol. The molecule has 1 amide bonds. The first kappa shape index (κ1) is 20.9. The van der Waals surface area contributed by atoms with Gasteiger partial charge < -0.3 is 25.3 Å². The average molecular weight is 401 g/mol. The highest BCUT2D eigenvalue weighted by Gasteiger charge is 2.24. The van der Waals surface area contributed by atoms with Gasteiger partial charge in [0.25, 0.3) is 5.91 Å². The van der Waals surface area contributed by atoms with Gasteiger partial charge in [-0.25, -0.2) is 0 Å². The van der Waals surface area contributed by atoms with Gasteiger partial charge in [-0.05, 0) is 62.3 Å². The minimum atomic E-state index is -0.271. The third-order valence-electron chi connectivity index (χ3n) is 5.34. The molecule has 8 nitrogen and oxygen atoms in total. The van der Waals surface area contributed by atoms with Gasteiger partial charge in [0.05, 0.1) is 6.61 Å². The first-order valence-corrected chi connectivity index (χ1v) is 9.91. The van der Waals surface area contributed by atoms with E-state index in [-0.39, 0.29) is 42.7 Å². The second-order valence-electron chi connectivity index (χ2n) is 7.45. The lowest BCUT2D eigenvalue weighted by Crippen LogP contribution is -2.37. The summed E-state index contributed by atoms with van der Waals surface area (Å²) in [6, 6.07) is 6.88. The van der Waals surface area contributed by atoms with Crippen molar-refractivity contribution in [3.05, 3.63) is 35.6 Å². The van der Waals surface area contributed by atoms with E-state index in [1.165, 1.54) is 0 Å². The molecule has 1 aliphatic rings. The third kappa shape index (κ3) is 5.57. The number of carbonyl (C=O) groups excluding carboxylic acids is 2. The SMILES string of the molecule is N=C(N)c1ccc2oc(C(=O)NC3CCC(CCC(=O)OCCO)CC3)cc2c1. The third-order valence-corrected chi connectivity index (χ3v) is 5.34. The number of ether oxygens (including phenoxy) is 1. The van der Waals surface area contributed by atoms with Crippen molar-refractivity contribution in [2.75, 3.05) is 13.2 Å². The number of carbonyl (C=O) groups is 2. The Morgan fingerprint density at radius 1 is 1.24 bits per heavy atom. The Morgan fingerprint density at radius 2 is 2.00 bits per heavy atom. The van der Waals surface area contributed by atoms with Crippen LogP contribution in [0.2, 0.25) is 0 Å². The number of rotatable bonds is 8. The fourth-order valence-electron chi connectivity index (χ4n) is 3.73. The topological polar surface area (TPSA) is 139 Å². The van der Waals surface area contributed by atoms with E-state index in [0.717, 1.165) is 37.5 Å². The van der Waals surface area contributed by atoms with Crippen LogP contribution in [0.4, 0.5) is 0 Å². The lowest BCUT2D eigenvalue weighted by Gasteiger charge is -2.28. The van der Waals surface area contributed by atoms with Gasteiger partial charge in [-0.2, -0.15) is 0 Å². The molecule has 2 aromatic rings. The maximum atomic E-state index is 12.5. The second-order valence-corrected chi connectivity index (χ2v) is 7.45. The van der Waals surface area contributed by atoms with Crippen LogP contribution >= 0.6 is 0 Å².